The van der Waals surface area contributed by atoms with Crippen molar-refractivity contribution >= 4 is 33.6 Å². The Morgan fingerprint density at radius 3 is 2.06 bits per heavy atom. The fourth-order valence-corrected chi connectivity index (χ4v) is 5.02. The maximum absolute atomic E-state index is 12.8. The number of carboxylic acid groups (broad SMARTS) is 2. The van der Waals surface area contributed by atoms with Crippen molar-refractivity contribution < 1.29 is 33.0 Å². The molecule has 0 radical (unpaired) electrons. The number of anilines is 1. The summed E-state index contributed by atoms with van der Waals surface area (Å²) in [5.74, 6) is -3.13. The Morgan fingerprint density at radius 2 is 1.59 bits per heavy atom. The zero-order valence-corrected chi connectivity index (χ0v) is 18.8. The van der Waals surface area contributed by atoms with Crippen LogP contribution in [0.2, 0.25) is 0 Å². The largest absolute Gasteiger partial charge is 0.473 e. The average Bonchev–Trinajstić information content (AvgIpc) is 2.75. The number of aliphatic carboxylic acids is 2. The van der Waals surface area contributed by atoms with Crippen LogP contribution < -0.4 is 5.32 Å². The molecule has 1 aliphatic carbocycles. The summed E-state index contributed by atoms with van der Waals surface area (Å²) in [6.45, 7) is 5.10. The van der Waals surface area contributed by atoms with Crippen LogP contribution in [-0.2, 0) is 24.4 Å². The van der Waals surface area contributed by atoms with E-state index in [1.165, 1.54) is 13.3 Å². The summed E-state index contributed by atoms with van der Waals surface area (Å²) in [7, 11) is -3.48. The maximum Gasteiger partial charge on any atom is 0.414 e. The van der Waals surface area contributed by atoms with E-state index in [1.54, 1.807) is 28.6 Å². The van der Waals surface area contributed by atoms with Gasteiger partial charge in [0, 0.05) is 45.3 Å². The van der Waals surface area contributed by atoms with Gasteiger partial charge in [-0.25, -0.2) is 18.0 Å². The normalized spacial score (nSPS) is 19.5. The van der Waals surface area contributed by atoms with Gasteiger partial charge in [-0.1, -0.05) is 12.2 Å². The molecule has 1 aromatic carbocycles. The van der Waals surface area contributed by atoms with Gasteiger partial charge in [0.05, 0.1) is 4.90 Å². The third-order valence-electron chi connectivity index (χ3n) is 5.22. The molecular formula is C21H29N3O7S. The number of sulfonamides is 1. The van der Waals surface area contributed by atoms with E-state index in [9.17, 15) is 13.2 Å². The Labute approximate surface area is 187 Å². The highest BCUT2D eigenvalue weighted by Gasteiger charge is 2.29. The lowest BCUT2D eigenvalue weighted by atomic mass is 9.94. The number of nitrogens with zero attached hydrogens (tertiary/aromatic N) is 2. The van der Waals surface area contributed by atoms with Gasteiger partial charge in [0.2, 0.25) is 15.9 Å². The zero-order valence-electron chi connectivity index (χ0n) is 17.9. The van der Waals surface area contributed by atoms with Gasteiger partial charge in [-0.05, 0) is 49.4 Å². The Kier molecular flexibility index (Phi) is 9.36. The summed E-state index contributed by atoms with van der Waals surface area (Å²) >= 11 is 0. The molecule has 1 amide bonds. The number of rotatable bonds is 5. The quantitative estimate of drug-likeness (QED) is 0.436. The van der Waals surface area contributed by atoms with Gasteiger partial charge in [0.15, 0.2) is 0 Å². The van der Waals surface area contributed by atoms with Crippen molar-refractivity contribution in [1.29, 1.82) is 0 Å². The van der Waals surface area contributed by atoms with Gasteiger partial charge in [-0.2, -0.15) is 4.31 Å². The highest BCUT2D eigenvalue weighted by Crippen LogP contribution is 2.22. The van der Waals surface area contributed by atoms with E-state index in [4.69, 9.17) is 19.8 Å². The van der Waals surface area contributed by atoms with Crippen LogP contribution in [-0.4, -0.2) is 78.4 Å². The predicted molar refractivity (Wildman–Crippen MR) is 118 cm³/mol. The number of carbonyl (C=O) groups excluding carboxylic acids is 1. The topological polar surface area (TPSA) is 144 Å². The zero-order chi connectivity index (χ0) is 23.7. The number of nitrogens with one attached hydrogen (secondary N) is 1. The minimum atomic E-state index is -3.48. The third kappa shape index (κ3) is 7.74. The Bertz CT molecular complexity index is 925. The first kappa shape index (κ1) is 25.5. The van der Waals surface area contributed by atoms with Crippen LogP contribution >= 0.6 is 0 Å². The first-order valence-electron chi connectivity index (χ1n) is 10.3. The molecule has 1 aromatic rings. The Morgan fingerprint density at radius 1 is 1.00 bits per heavy atom. The van der Waals surface area contributed by atoms with Crippen LogP contribution in [0.25, 0.3) is 0 Å². The molecule has 1 fully saturated rings. The standard InChI is InChI=1S/C19H27N3O3S.C2H2O4/c1-16(23)20-18-7-9-19(10-8-18)26(24,25)22-13-11-21(12-14-22)15-17-5-3-2-4-6-17;3-1(4)2(5)6/h2-3,7-10,17H,4-6,11-15H2,1H3,(H,20,23);(H,3,4)(H,5,6). The summed E-state index contributed by atoms with van der Waals surface area (Å²) in [6.07, 6.45) is 8.04. The maximum atomic E-state index is 12.8. The van der Waals surface area contributed by atoms with Gasteiger partial charge in [-0.3, -0.25) is 4.79 Å². The predicted octanol–water partition coefficient (Wildman–Crippen LogP) is 1.46. The van der Waals surface area contributed by atoms with Gasteiger partial charge in [0.1, 0.15) is 0 Å². The smallest absolute Gasteiger partial charge is 0.414 e. The van der Waals surface area contributed by atoms with Crippen molar-refractivity contribution in [3.63, 3.8) is 0 Å². The third-order valence-corrected chi connectivity index (χ3v) is 7.13. The van der Waals surface area contributed by atoms with E-state index in [2.05, 4.69) is 22.4 Å². The van der Waals surface area contributed by atoms with Crippen molar-refractivity contribution in [2.24, 2.45) is 5.92 Å². The lowest BCUT2D eigenvalue weighted by molar-refractivity contribution is -0.159. The summed E-state index contributed by atoms with van der Waals surface area (Å²) in [5.41, 5.74) is 0.600. The minimum Gasteiger partial charge on any atom is -0.473 e. The van der Waals surface area contributed by atoms with E-state index < -0.39 is 22.0 Å². The van der Waals surface area contributed by atoms with E-state index in [-0.39, 0.29) is 10.8 Å². The van der Waals surface area contributed by atoms with Crippen molar-refractivity contribution in [2.75, 3.05) is 38.0 Å². The molecule has 11 heteroatoms. The average molecular weight is 468 g/mol. The van der Waals surface area contributed by atoms with Crippen molar-refractivity contribution in [3.05, 3.63) is 36.4 Å². The summed E-state index contributed by atoms with van der Waals surface area (Å²) in [6, 6.07) is 6.37. The number of allylic oxidation sites excluding steroid dienone is 2. The lowest BCUT2D eigenvalue weighted by Gasteiger charge is -2.36. The molecule has 0 saturated carbocycles. The molecule has 3 N–H and O–H groups in total. The first-order valence-corrected chi connectivity index (χ1v) is 11.7. The van der Waals surface area contributed by atoms with E-state index in [1.807, 2.05) is 0 Å². The van der Waals surface area contributed by atoms with Gasteiger partial charge in [0.25, 0.3) is 0 Å². The highest BCUT2D eigenvalue weighted by molar-refractivity contribution is 7.89. The molecule has 10 nitrogen and oxygen atoms in total. The number of carboxylic acids is 2. The van der Waals surface area contributed by atoms with Gasteiger partial charge >= 0.3 is 11.9 Å². The molecule has 176 valence electrons. The number of hydrogen-bond acceptors (Lipinski definition) is 6. The van der Waals surface area contributed by atoms with Crippen LogP contribution in [0, 0.1) is 5.92 Å². The Balaban J connectivity index is 0.000000534. The number of hydrogen-bond donors (Lipinski definition) is 3. The molecule has 0 bridgehead atoms. The van der Waals surface area contributed by atoms with E-state index >= 15 is 0 Å². The molecule has 0 spiro atoms. The molecule has 1 atom stereocenters. The van der Waals surface area contributed by atoms with Crippen molar-refractivity contribution in [1.82, 2.24) is 9.21 Å². The molecule has 3 rings (SSSR count). The molecule has 1 heterocycles. The van der Waals surface area contributed by atoms with Crippen molar-refractivity contribution in [3.8, 4) is 0 Å². The molecule has 32 heavy (non-hydrogen) atoms. The van der Waals surface area contributed by atoms with E-state index in [0.29, 0.717) is 24.7 Å². The number of benzene rings is 1. The second-order valence-corrected chi connectivity index (χ2v) is 9.61. The van der Waals surface area contributed by atoms with Crippen LogP contribution in [0.4, 0.5) is 5.69 Å². The molecule has 2 aliphatic rings. The van der Waals surface area contributed by atoms with Gasteiger partial charge in [-0.15, -0.1) is 0 Å². The summed E-state index contributed by atoms with van der Waals surface area (Å²) in [4.78, 5) is 31.9. The van der Waals surface area contributed by atoms with Crippen molar-refractivity contribution in [2.45, 2.75) is 31.1 Å². The summed E-state index contributed by atoms with van der Waals surface area (Å²) < 4.78 is 27.2. The Hall–Kier alpha value is -2.76. The van der Waals surface area contributed by atoms with Crippen LogP contribution in [0.1, 0.15) is 26.2 Å². The molecule has 1 saturated heterocycles. The summed E-state index contributed by atoms with van der Waals surface area (Å²) in [5, 5.41) is 17.4. The number of amides is 1. The highest BCUT2D eigenvalue weighted by atomic mass is 32.2. The van der Waals surface area contributed by atoms with Gasteiger partial charge < -0.3 is 20.4 Å². The number of carbonyl (C=O) groups is 3. The number of piperazine rings is 1. The minimum absolute atomic E-state index is 0.176. The molecule has 1 unspecified atom stereocenters. The second-order valence-electron chi connectivity index (χ2n) is 7.67. The SMILES string of the molecule is CC(=O)Nc1ccc(S(=O)(=O)N2CCN(CC3CC=CCC3)CC2)cc1.O=C(O)C(=O)O. The van der Waals surface area contributed by atoms with Crippen LogP contribution in [0.3, 0.4) is 0 Å². The van der Waals surface area contributed by atoms with Crippen LogP contribution in [0.5, 0.6) is 0 Å². The second kappa shape index (κ2) is 11.7. The first-order chi connectivity index (χ1) is 15.1. The molecule has 1 aliphatic heterocycles. The fourth-order valence-electron chi connectivity index (χ4n) is 3.60. The van der Waals surface area contributed by atoms with Crippen LogP contribution in [0.15, 0.2) is 41.3 Å². The lowest BCUT2D eigenvalue weighted by Crippen LogP contribution is -2.49. The fraction of sp³-hybridized carbons (Fsp3) is 0.476. The van der Waals surface area contributed by atoms with E-state index in [0.717, 1.165) is 32.5 Å². The molecular weight excluding hydrogens is 438 g/mol. The molecule has 0 aromatic heterocycles. The monoisotopic (exact) mass is 467 g/mol.